The minimum Gasteiger partial charge on any atom is -0.497 e. The Balaban J connectivity index is 1.86. The Bertz CT molecular complexity index is 1240. The van der Waals surface area contributed by atoms with E-state index in [9.17, 15) is 9.18 Å². The van der Waals surface area contributed by atoms with E-state index in [0.29, 0.717) is 23.7 Å². The summed E-state index contributed by atoms with van der Waals surface area (Å²) in [6.45, 7) is 8.30. The topological polar surface area (TPSA) is 55.8 Å². The van der Waals surface area contributed by atoms with E-state index in [4.69, 9.17) is 14.6 Å². The molecule has 0 aliphatic carbocycles. The van der Waals surface area contributed by atoms with Gasteiger partial charge in [-0.15, -0.1) is 5.92 Å². The Kier molecular flexibility index (Phi) is 8.19. The van der Waals surface area contributed by atoms with Crippen LogP contribution in [0.4, 0.5) is 4.39 Å². The quantitative estimate of drug-likeness (QED) is 0.359. The van der Waals surface area contributed by atoms with Gasteiger partial charge < -0.3 is 14.6 Å². The van der Waals surface area contributed by atoms with Crippen molar-refractivity contribution in [3.8, 4) is 34.5 Å². The van der Waals surface area contributed by atoms with Crippen LogP contribution in [-0.2, 0) is 16.8 Å². The van der Waals surface area contributed by atoms with Gasteiger partial charge in [0.1, 0.15) is 23.9 Å². The number of carbonyl (C=O) groups is 1. The van der Waals surface area contributed by atoms with Crippen molar-refractivity contribution < 1.29 is 23.8 Å². The summed E-state index contributed by atoms with van der Waals surface area (Å²) >= 11 is 0. The first-order chi connectivity index (χ1) is 16.6. The molecule has 0 amide bonds. The van der Waals surface area contributed by atoms with Crippen molar-refractivity contribution >= 4 is 5.97 Å². The van der Waals surface area contributed by atoms with Gasteiger partial charge in [-0.05, 0) is 71.0 Å². The Labute approximate surface area is 206 Å². The number of hydrogen-bond donors (Lipinski definition) is 1. The smallest absolute Gasteiger partial charge is 0.304 e. The number of ether oxygens (including phenoxy) is 2. The number of methoxy groups -OCH3 is 1. The maximum Gasteiger partial charge on any atom is 0.304 e. The summed E-state index contributed by atoms with van der Waals surface area (Å²) in [5, 5.41) is 9.13. The fraction of sp³-hybridized carbons (Fsp3) is 0.300. The zero-order valence-corrected chi connectivity index (χ0v) is 20.8. The number of rotatable bonds is 8. The molecule has 182 valence electrons. The number of carboxylic acid groups (broad SMARTS) is 1. The summed E-state index contributed by atoms with van der Waals surface area (Å²) in [5.74, 6) is 5.43. The molecule has 0 saturated heterocycles. The van der Waals surface area contributed by atoms with Crippen LogP contribution >= 0.6 is 0 Å². The Morgan fingerprint density at radius 3 is 2.29 bits per heavy atom. The Morgan fingerprint density at radius 2 is 1.69 bits per heavy atom. The minimum absolute atomic E-state index is 0.0508. The van der Waals surface area contributed by atoms with E-state index in [1.807, 2.05) is 42.5 Å². The van der Waals surface area contributed by atoms with Crippen molar-refractivity contribution in [1.29, 1.82) is 0 Å². The molecule has 4 nitrogen and oxygen atoms in total. The molecule has 0 aliphatic rings. The summed E-state index contributed by atoms with van der Waals surface area (Å²) in [4.78, 5) is 11.1. The monoisotopic (exact) mass is 474 g/mol. The highest BCUT2D eigenvalue weighted by atomic mass is 19.1. The summed E-state index contributed by atoms with van der Waals surface area (Å²) in [6, 6.07) is 18.0. The average Bonchev–Trinajstić information content (AvgIpc) is 2.82. The van der Waals surface area contributed by atoms with Gasteiger partial charge in [0.2, 0.25) is 0 Å². The molecule has 5 heteroatoms. The fourth-order valence-corrected chi connectivity index (χ4v) is 3.96. The summed E-state index contributed by atoms with van der Waals surface area (Å²) < 4.78 is 26.2. The zero-order chi connectivity index (χ0) is 25.6. The number of halogens is 1. The predicted molar refractivity (Wildman–Crippen MR) is 136 cm³/mol. The van der Waals surface area contributed by atoms with Crippen LogP contribution in [0, 0.1) is 17.7 Å². The van der Waals surface area contributed by atoms with E-state index in [0.717, 1.165) is 22.3 Å². The molecule has 35 heavy (non-hydrogen) atoms. The second-order valence-corrected chi connectivity index (χ2v) is 9.38. The molecule has 1 N–H and O–H groups in total. The van der Waals surface area contributed by atoms with Crippen LogP contribution in [0.15, 0.2) is 60.7 Å². The molecule has 0 bridgehead atoms. The Hall–Kier alpha value is -3.78. The van der Waals surface area contributed by atoms with Crippen LogP contribution in [0.5, 0.6) is 11.5 Å². The van der Waals surface area contributed by atoms with Gasteiger partial charge >= 0.3 is 5.97 Å². The molecule has 0 fully saturated rings. The molecule has 1 atom stereocenters. The van der Waals surface area contributed by atoms with Crippen molar-refractivity contribution in [1.82, 2.24) is 0 Å². The molecule has 0 aliphatic heterocycles. The van der Waals surface area contributed by atoms with Crippen molar-refractivity contribution in [2.45, 2.75) is 52.1 Å². The van der Waals surface area contributed by atoms with E-state index in [1.165, 1.54) is 6.07 Å². The van der Waals surface area contributed by atoms with Crippen molar-refractivity contribution in [2.24, 2.45) is 0 Å². The van der Waals surface area contributed by atoms with E-state index >= 15 is 0 Å². The van der Waals surface area contributed by atoms with Gasteiger partial charge in [0.05, 0.1) is 19.4 Å². The summed E-state index contributed by atoms with van der Waals surface area (Å²) in [7, 11) is 1.57. The predicted octanol–water partition coefficient (Wildman–Crippen LogP) is 6.96. The molecular formula is C30H31FO4. The van der Waals surface area contributed by atoms with E-state index < -0.39 is 5.97 Å². The molecule has 0 heterocycles. The lowest BCUT2D eigenvalue weighted by Crippen LogP contribution is -2.13. The summed E-state index contributed by atoms with van der Waals surface area (Å²) in [5.41, 5.74) is 3.87. The highest BCUT2D eigenvalue weighted by molar-refractivity contribution is 5.71. The first-order valence-corrected chi connectivity index (χ1v) is 11.5. The zero-order valence-electron chi connectivity index (χ0n) is 20.8. The highest BCUT2D eigenvalue weighted by Gasteiger charge is 2.21. The van der Waals surface area contributed by atoms with Crippen LogP contribution in [0.2, 0.25) is 0 Å². The van der Waals surface area contributed by atoms with Gasteiger partial charge in [0.15, 0.2) is 0 Å². The maximum atomic E-state index is 14.8. The van der Waals surface area contributed by atoms with Crippen LogP contribution in [-0.4, -0.2) is 18.2 Å². The molecule has 0 unspecified atom stereocenters. The molecule has 0 saturated carbocycles. The molecule has 0 aromatic heterocycles. The van der Waals surface area contributed by atoms with Crippen LogP contribution in [0.1, 0.15) is 56.7 Å². The number of benzene rings is 3. The lowest BCUT2D eigenvalue weighted by molar-refractivity contribution is -0.137. The number of hydrogen-bond acceptors (Lipinski definition) is 3. The molecule has 0 radical (unpaired) electrons. The van der Waals surface area contributed by atoms with Crippen LogP contribution in [0.25, 0.3) is 11.1 Å². The number of aliphatic carboxylic acids is 1. The molecule has 3 aromatic rings. The number of carboxylic acids is 1. The molecular weight excluding hydrogens is 443 g/mol. The van der Waals surface area contributed by atoms with Crippen LogP contribution < -0.4 is 9.47 Å². The van der Waals surface area contributed by atoms with Gasteiger partial charge in [-0.1, -0.05) is 51.0 Å². The largest absolute Gasteiger partial charge is 0.497 e. The van der Waals surface area contributed by atoms with E-state index in [-0.39, 0.29) is 23.6 Å². The first kappa shape index (κ1) is 25.8. The minimum atomic E-state index is -0.889. The van der Waals surface area contributed by atoms with Gasteiger partial charge in [0.25, 0.3) is 0 Å². The molecule has 3 rings (SSSR count). The van der Waals surface area contributed by atoms with Crippen molar-refractivity contribution in [3.63, 3.8) is 0 Å². The third-order valence-electron chi connectivity index (χ3n) is 5.74. The Morgan fingerprint density at radius 1 is 1.00 bits per heavy atom. The maximum absolute atomic E-state index is 14.8. The lowest BCUT2D eigenvalue weighted by atomic mass is 9.81. The fourth-order valence-electron chi connectivity index (χ4n) is 3.96. The van der Waals surface area contributed by atoms with Crippen molar-refractivity contribution in [2.75, 3.05) is 7.11 Å². The lowest BCUT2D eigenvalue weighted by Gasteiger charge is -2.24. The van der Waals surface area contributed by atoms with Gasteiger partial charge in [-0.2, -0.15) is 0 Å². The normalized spacial score (nSPS) is 11.8. The second kappa shape index (κ2) is 11.1. The SMILES string of the molecule is CC#C[C@H](CC(=O)O)c1ccc(OCc2ccc(C(C)(C)C)c(-c3cc(OC)ccc3F)c2)cc1. The molecule has 3 aromatic carbocycles. The van der Waals surface area contributed by atoms with Gasteiger partial charge in [-0.3, -0.25) is 4.79 Å². The van der Waals surface area contributed by atoms with Crippen molar-refractivity contribution in [3.05, 3.63) is 83.2 Å². The summed E-state index contributed by atoms with van der Waals surface area (Å²) in [6.07, 6.45) is -0.0508. The van der Waals surface area contributed by atoms with E-state index in [2.05, 4.69) is 32.6 Å². The molecule has 0 spiro atoms. The first-order valence-electron chi connectivity index (χ1n) is 11.5. The van der Waals surface area contributed by atoms with Crippen LogP contribution in [0.3, 0.4) is 0 Å². The second-order valence-electron chi connectivity index (χ2n) is 9.38. The highest BCUT2D eigenvalue weighted by Crippen LogP contribution is 2.37. The average molecular weight is 475 g/mol. The van der Waals surface area contributed by atoms with Gasteiger partial charge in [0, 0.05) is 5.56 Å². The third-order valence-corrected chi connectivity index (χ3v) is 5.74. The van der Waals surface area contributed by atoms with E-state index in [1.54, 1.807) is 26.2 Å². The standard InChI is InChI=1S/C30H31FO4/c1-6-7-22(17-29(32)33)21-9-11-23(12-10-21)35-19-20-8-14-27(30(2,3)4)25(16-20)26-18-24(34-5)13-15-28(26)31/h8-16,18,22H,17,19H2,1-5H3,(H,32,33)/t22-/m1/s1. The van der Waals surface area contributed by atoms with Gasteiger partial charge in [-0.25, -0.2) is 4.39 Å². The third kappa shape index (κ3) is 6.64.